The first-order valence-corrected chi connectivity index (χ1v) is 7.03. The smallest absolute Gasteiger partial charge is 0.308 e. The highest BCUT2D eigenvalue weighted by Crippen LogP contribution is 2.26. The second kappa shape index (κ2) is 7.00. The van der Waals surface area contributed by atoms with Gasteiger partial charge >= 0.3 is 5.97 Å². The maximum Gasteiger partial charge on any atom is 0.308 e. The SMILES string of the molecule is CCCCCCC(C)N1C[C@@H](C)[C@H](C(=O)O)C1. The first-order valence-electron chi connectivity index (χ1n) is 7.03. The molecule has 3 atom stereocenters. The van der Waals surface area contributed by atoms with Crippen LogP contribution in [0, 0.1) is 11.8 Å². The summed E-state index contributed by atoms with van der Waals surface area (Å²) in [6, 6.07) is 0.540. The summed E-state index contributed by atoms with van der Waals surface area (Å²) >= 11 is 0. The van der Waals surface area contributed by atoms with Gasteiger partial charge in [0.05, 0.1) is 5.92 Å². The number of carboxylic acid groups (broad SMARTS) is 1. The Kier molecular flexibility index (Phi) is 5.96. The Bertz CT molecular complexity index is 242. The average Bonchev–Trinajstić information content (AvgIpc) is 2.66. The molecule has 1 aliphatic rings. The fourth-order valence-electron chi connectivity index (χ4n) is 2.73. The summed E-state index contributed by atoms with van der Waals surface area (Å²) in [6.45, 7) is 8.21. The molecule has 0 aromatic rings. The van der Waals surface area contributed by atoms with Gasteiger partial charge < -0.3 is 5.11 Å². The zero-order valence-corrected chi connectivity index (χ0v) is 11.5. The van der Waals surface area contributed by atoms with E-state index < -0.39 is 5.97 Å². The third-order valence-electron chi connectivity index (χ3n) is 4.06. The highest BCUT2D eigenvalue weighted by molar-refractivity contribution is 5.71. The van der Waals surface area contributed by atoms with E-state index in [1.807, 2.05) is 0 Å². The predicted octanol–water partition coefficient (Wildman–Crippen LogP) is 3.00. The molecule has 100 valence electrons. The Balaban J connectivity index is 2.29. The largest absolute Gasteiger partial charge is 0.481 e. The lowest BCUT2D eigenvalue weighted by atomic mass is 9.99. The normalized spacial score (nSPS) is 27.2. The van der Waals surface area contributed by atoms with Crippen molar-refractivity contribution < 1.29 is 9.90 Å². The van der Waals surface area contributed by atoms with Gasteiger partial charge in [-0.3, -0.25) is 9.69 Å². The molecule has 0 amide bonds. The van der Waals surface area contributed by atoms with Crippen LogP contribution in [0.5, 0.6) is 0 Å². The molecule has 1 fully saturated rings. The van der Waals surface area contributed by atoms with Gasteiger partial charge in [-0.2, -0.15) is 0 Å². The van der Waals surface area contributed by atoms with E-state index in [0.717, 1.165) is 13.1 Å². The van der Waals surface area contributed by atoms with Gasteiger partial charge in [0.25, 0.3) is 0 Å². The Hall–Kier alpha value is -0.570. The van der Waals surface area contributed by atoms with Crippen LogP contribution in [0.25, 0.3) is 0 Å². The van der Waals surface area contributed by atoms with Gasteiger partial charge in [0.15, 0.2) is 0 Å². The molecule has 1 rings (SSSR count). The predicted molar refractivity (Wildman–Crippen MR) is 70.1 cm³/mol. The molecular formula is C14H27NO2. The Morgan fingerprint density at radius 2 is 2.06 bits per heavy atom. The van der Waals surface area contributed by atoms with Gasteiger partial charge in [-0.05, 0) is 19.3 Å². The molecule has 3 nitrogen and oxygen atoms in total. The fourth-order valence-corrected chi connectivity index (χ4v) is 2.73. The van der Waals surface area contributed by atoms with Crippen molar-refractivity contribution in [1.29, 1.82) is 0 Å². The molecule has 1 aliphatic heterocycles. The number of hydrogen-bond donors (Lipinski definition) is 1. The van der Waals surface area contributed by atoms with E-state index in [4.69, 9.17) is 5.11 Å². The van der Waals surface area contributed by atoms with Gasteiger partial charge in [0, 0.05) is 19.1 Å². The van der Waals surface area contributed by atoms with Gasteiger partial charge in [0.1, 0.15) is 0 Å². The van der Waals surface area contributed by atoms with E-state index in [-0.39, 0.29) is 5.92 Å². The zero-order valence-electron chi connectivity index (χ0n) is 11.5. The third-order valence-corrected chi connectivity index (χ3v) is 4.06. The summed E-state index contributed by atoms with van der Waals surface area (Å²) in [5.41, 5.74) is 0. The lowest BCUT2D eigenvalue weighted by Gasteiger charge is -2.24. The number of aliphatic carboxylic acids is 1. The fraction of sp³-hybridized carbons (Fsp3) is 0.929. The van der Waals surface area contributed by atoms with Crippen LogP contribution in [0.2, 0.25) is 0 Å². The van der Waals surface area contributed by atoms with Crippen LogP contribution < -0.4 is 0 Å². The average molecular weight is 241 g/mol. The van der Waals surface area contributed by atoms with E-state index in [9.17, 15) is 4.79 Å². The number of carboxylic acids is 1. The van der Waals surface area contributed by atoms with E-state index in [1.165, 1.54) is 32.1 Å². The van der Waals surface area contributed by atoms with Crippen LogP contribution >= 0.6 is 0 Å². The Morgan fingerprint density at radius 1 is 1.35 bits per heavy atom. The van der Waals surface area contributed by atoms with Crippen LogP contribution in [-0.2, 0) is 4.79 Å². The first kappa shape index (κ1) is 14.5. The van der Waals surface area contributed by atoms with E-state index in [2.05, 4.69) is 25.7 Å². The molecule has 0 aromatic carbocycles. The van der Waals surface area contributed by atoms with E-state index in [0.29, 0.717) is 12.0 Å². The van der Waals surface area contributed by atoms with Crippen LogP contribution in [0.1, 0.15) is 52.9 Å². The summed E-state index contributed by atoms with van der Waals surface area (Å²) in [7, 11) is 0. The molecule has 0 aromatic heterocycles. The van der Waals surface area contributed by atoms with Crippen LogP contribution in [-0.4, -0.2) is 35.1 Å². The van der Waals surface area contributed by atoms with Gasteiger partial charge in [-0.15, -0.1) is 0 Å². The van der Waals surface area contributed by atoms with Crippen molar-refractivity contribution in [3.05, 3.63) is 0 Å². The molecule has 1 saturated heterocycles. The molecule has 0 aliphatic carbocycles. The van der Waals surface area contributed by atoms with Crippen molar-refractivity contribution in [2.45, 2.75) is 58.9 Å². The summed E-state index contributed by atoms with van der Waals surface area (Å²) in [5.74, 6) is -0.489. The standard InChI is InChI=1S/C14H27NO2/c1-4-5-6-7-8-12(3)15-9-11(2)13(10-15)14(16)17/h11-13H,4-10H2,1-3H3,(H,16,17)/t11-,12?,13-/m1/s1. The Morgan fingerprint density at radius 3 is 2.59 bits per heavy atom. The first-order chi connectivity index (χ1) is 8.06. The summed E-state index contributed by atoms with van der Waals surface area (Å²) in [6.07, 6.45) is 6.39. The summed E-state index contributed by atoms with van der Waals surface area (Å²) < 4.78 is 0. The second-order valence-electron chi connectivity index (χ2n) is 5.57. The molecule has 17 heavy (non-hydrogen) atoms. The molecular weight excluding hydrogens is 214 g/mol. The van der Waals surface area contributed by atoms with E-state index in [1.54, 1.807) is 0 Å². The minimum Gasteiger partial charge on any atom is -0.481 e. The molecule has 0 spiro atoms. The second-order valence-corrected chi connectivity index (χ2v) is 5.57. The van der Waals surface area contributed by atoms with Gasteiger partial charge in [0.2, 0.25) is 0 Å². The number of hydrogen-bond acceptors (Lipinski definition) is 2. The van der Waals surface area contributed by atoms with Crippen molar-refractivity contribution in [2.24, 2.45) is 11.8 Å². The van der Waals surface area contributed by atoms with E-state index >= 15 is 0 Å². The van der Waals surface area contributed by atoms with Crippen LogP contribution in [0.15, 0.2) is 0 Å². The minimum atomic E-state index is -0.627. The highest BCUT2D eigenvalue weighted by atomic mass is 16.4. The molecule has 0 saturated carbocycles. The zero-order chi connectivity index (χ0) is 12.8. The lowest BCUT2D eigenvalue weighted by Crippen LogP contribution is -2.31. The Labute approximate surface area is 105 Å². The highest BCUT2D eigenvalue weighted by Gasteiger charge is 2.36. The molecule has 1 heterocycles. The van der Waals surface area contributed by atoms with Crippen molar-refractivity contribution in [3.63, 3.8) is 0 Å². The van der Waals surface area contributed by atoms with Crippen molar-refractivity contribution >= 4 is 5.97 Å². The lowest BCUT2D eigenvalue weighted by molar-refractivity contribution is -0.142. The number of nitrogens with zero attached hydrogens (tertiary/aromatic N) is 1. The van der Waals surface area contributed by atoms with Gasteiger partial charge in [-0.1, -0.05) is 39.5 Å². The third kappa shape index (κ3) is 4.30. The quantitative estimate of drug-likeness (QED) is 0.697. The number of carbonyl (C=O) groups is 1. The molecule has 0 bridgehead atoms. The molecule has 1 unspecified atom stereocenters. The minimum absolute atomic E-state index is 0.159. The van der Waals surface area contributed by atoms with Crippen molar-refractivity contribution in [2.75, 3.05) is 13.1 Å². The van der Waals surface area contributed by atoms with Crippen LogP contribution in [0.4, 0.5) is 0 Å². The monoisotopic (exact) mass is 241 g/mol. The molecule has 3 heteroatoms. The topological polar surface area (TPSA) is 40.5 Å². The van der Waals surface area contributed by atoms with Crippen LogP contribution in [0.3, 0.4) is 0 Å². The summed E-state index contributed by atoms with van der Waals surface area (Å²) in [5, 5.41) is 9.10. The van der Waals surface area contributed by atoms with Crippen molar-refractivity contribution in [1.82, 2.24) is 4.90 Å². The summed E-state index contributed by atoms with van der Waals surface area (Å²) in [4.78, 5) is 13.4. The molecule has 1 N–H and O–H groups in total. The number of likely N-dealkylation sites (tertiary alicyclic amines) is 1. The number of rotatable bonds is 7. The molecule has 0 radical (unpaired) electrons. The maximum absolute atomic E-state index is 11.1. The van der Waals surface area contributed by atoms with Gasteiger partial charge in [-0.25, -0.2) is 0 Å². The van der Waals surface area contributed by atoms with Crippen molar-refractivity contribution in [3.8, 4) is 0 Å². The maximum atomic E-state index is 11.1. The number of unbranched alkanes of at least 4 members (excludes halogenated alkanes) is 3.